The van der Waals surface area contributed by atoms with E-state index in [0.717, 1.165) is 12.8 Å². The summed E-state index contributed by atoms with van der Waals surface area (Å²) in [6.45, 7) is 0.529. The summed E-state index contributed by atoms with van der Waals surface area (Å²) in [7, 11) is 0. The minimum atomic E-state index is -2.73. The van der Waals surface area contributed by atoms with Gasteiger partial charge >= 0.3 is 0 Å². The molecule has 3 rings (SSSR count). The predicted molar refractivity (Wildman–Crippen MR) is 71.3 cm³/mol. The second kappa shape index (κ2) is 5.42. The lowest BCUT2D eigenvalue weighted by Gasteiger charge is -2.25. The Morgan fingerprint density at radius 3 is 2.75 bits per heavy atom. The molecule has 0 aliphatic carbocycles. The third-order valence-corrected chi connectivity index (χ3v) is 3.72. The van der Waals surface area contributed by atoms with Crippen molar-refractivity contribution in [1.29, 1.82) is 0 Å². The third kappa shape index (κ3) is 2.36. The van der Waals surface area contributed by atoms with E-state index in [2.05, 4.69) is 9.97 Å². The molecule has 1 fully saturated rings. The number of fused-ring (bicyclic) bond motifs is 1. The molecule has 4 nitrogen and oxygen atoms in total. The van der Waals surface area contributed by atoms with E-state index in [1.54, 1.807) is 0 Å². The first-order chi connectivity index (χ1) is 9.58. The number of alkyl halides is 2. The van der Waals surface area contributed by atoms with Gasteiger partial charge in [0, 0.05) is 6.61 Å². The van der Waals surface area contributed by atoms with Gasteiger partial charge in [0.15, 0.2) is 11.5 Å². The Morgan fingerprint density at radius 1 is 1.30 bits per heavy atom. The molecular formula is C12H11Cl2F2N3O. The van der Waals surface area contributed by atoms with Gasteiger partial charge in [0.25, 0.3) is 6.43 Å². The number of hydrogen-bond donors (Lipinski definition) is 0. The number of aromatic nitrogens is 3. The molecule has 0 spiro atoms. The monoisotopic (exact) mass is 321 g/mol. The van der Waals surface area contributed by atoms with Crippen molar-refractivity contribution >= 4 is 34.4 Å². The molecule has 0 amide bonds. The van der Waals surface area contributed by atoms with Crippen molar-refractivity contribution in [2.45, 2.75) is 31.9 Å². The van der Waals surface area contributed by atoms with E-state index in [0.29, 0.717) is 13.0 Å². The number of imidazole rings is 1. The molecule has 1 atom stereocenters. The second-order valence-electron chi connectivity index (χ2n) is 4.56. The normalized spacial score (nSPS) is 19.9. The Balaban J connectivity index is 2.22. The van der Waals surface area contributed by atoms with E-state index >= 15 is 0 Å². The molecule has 2 aromatic rings. The molecule has 0 aromatic carbocycles. The van der Waals surface area contributed by atoms with E-state index in [1.807, 2.05) is 0 Å². The highest BCUT2D eigenvalue weighted by Gasteiger charge is 2.28. The van der Waals surface area contributed by atoms with Crippen LogP contribution in [0.3, 0.4) is 0 Å². The summed E-state index contributed by atoms with van der Waals surface area (Å²) < 4.78 is 33.3. The number of hydrogen-bond acceptors (Lipinski definition) is 3. The largest absolute Gasteiger partial charge is 0.358 e. The molecular weight excluding hydrogens is 311 g/mol. The van der Waals surface area contributed by atoms with Crippen LogP contribution in [0.15, 0.2) is 6.07 Å². The van der Waals surface area contributed by atoms with Gasteiger partial charge in [-0.2, -0.15) is 0 Å². The molecule has 108 valence electrons. The van der Waals surface area contributed by atoms with E-state index in [1.165, 1.54) is 10.6 Å². The smallest absolute Gasteiger partial charge is 0.295 e. The topological polar surface area (TPSA) is 39.9 Å². The van der Waals surface area contributed by atoms with Crippen molar-refractivity contribution in [3.05, 3.63) is 22.1 Å². The molecule has 1 unspecified atom stereocenters. The van der Waals surface area contributed by atoms with Crippen molar-refractivity contribution in [1.82, 2.24) is 14.5 Å². The first kappa shape index (κ1) is 14.0. The maximum absolute atomic E-state index is 13.2. The maximum atomic E-state index is 13.2. The number of halogens is 4. The second-order valence-corrected chi connectivity index (χ2v) is 5.36. The molecule has 8 heteroatoms. The molecule has 0 radical (unpaired) electrons. The lowest BCUT2D eigenvalue weighted by Crippen LogP contribution is -2.20. The quantitative estimate of drug-likeness (QED) is 0.771. The zero-order valence-corrected chi connectivity index (χ0v) is 11.8. The van der Waals surface area contributed by atoms with Gasteiger partial charge in [-0.05, 0) is 25.3 Å². The van der Waals surface area contributed by atoms with Gasteiger partial charge in [-0.1, -0.05) is 23.2 Å². The molecule has 1 aliphatic rings. The van der Waals surface area contributed by atoms with Crippen LogP contribution >= 0.6 is 23.2 Å². The van der Waals surface area contributed by atoms with Crippen molar-refractivity contribution in [3.8, 4) is 0 Å². The Kier molecular flexibility index (Phi) is 3.79. The van der Waals surface area contributed by atoms with Crippen LogP contribution in [-0.4, -0.2) is 21.1 Å². The van der Waals surface area contributed by atoms with Crippen molar-refractivity contribution in [2.24, 2.45) is 0 Å². The highest BCUT2D eigenvalue weighted by Crippen LogP contribution is 2.34. The highest BCUT2D eigenvalue weighted by molar-refractivity contribution is 6.37. The van der Waals surface area contributed by atoms with Crippen molar-refractivity contribution in [2.75, 3.05) is 6.61 Å². The fraction of sp³-hybridized carbons (Fsp3) is 0.500. The molecule has 1 aliphatic heterocycles. The van der Waals surface area contributed by atoms with E-state index in [9.17, 15) is 8.78 Å². The SMILES string of the molecule is FC(F)c1nc2c(Cl)cc(Cl)nc2n1C1CCCCO1. The maximum Gasteiger partial charge on any atom is 0.295 e. The first-order valence-corrected chi connectivity index (χ1v) is 6.97. The number of rotatable bonds is 2. The first-order valence-electron chi connectivity index (χ1n) is 6.21. The molecule has 3 heterocycles. The molecule has 2 aromatic heterocycles. The Bertz CT molecular complexity index is 641. The predicted octanol–water partition coefficient (Wildman–Crippen LogP) is 4.37. The van der Waals surface area contributed by atoms with E-state index in [4.69, 9.17) is 27.9 Å². The zero-order chi connectivity index (χ0) is 14.3. The lowest BCUT2D eigenvalue weighted by molar-refractivity contribution is -0.0363. The lowest BCUT2D eigenvalue weighted by atomic mass is 10.2. The van der Waals surface area contributed by atoms with E-state index < -0.39 is 12.7 Å². The van der Waals surface area contributed by atoms with Crippen LogP contribution in [0.2, 0.25) is 10.2 Å². The van der Waals surface area contributed by atoms with Crippen LogP contribution in [0.4, 0.5) is 8.78 Å². The number of ether oxygens (including phenoxy) is 1. The van der Waals surface area contributed by atoms with Crippen LogP contribution in [0.1, 0.15) is 37.7 Å². The van der Waals surface area contributed by atoms with E-state index in [-0.39, 0.29) is 27.2 Å². The summed E-state index contributed by atoms with van der Waals surface area (Å²) in [5.74, 6) is -0.386. The molecule has 20 heavy (non-hydrogen) atoms. The number of nitrogens with zero attached hydrogens (tertiary/aromatic N) is 3. The molecule has 0 N–H and O–H groups in total. The van der Waals surface area contributed by atoms with Gasteiger partial charge in [0.1, 0.15) is 16.9 Å². The summed E-state index contributed by atoms with van der Waals surface area (Å²) in [6.07, 6.45) is -0.773. The minimum absolute atomic E-state index is 0.139. The fourth-order valence-electron chi connectivity index (χ4n) is 2.38. The Morgan fingerprint density at radius 2 is 2.10 bits per heavy atom. The van der Waals surface area contributed by atoms with Gasteiger partial charge < -0.3 is 4.74 Å². The van der Waals surface area contributed by atoms with Gasteiger partial charge in [-0.15, -0.1) is 0 Å². The molecule has 0 saturated carbocycles. The van der Waals surface area contributed by atoms with Crippen LogP contribution in [-0.2, 0) is 4.74 Å². The fourth-order valence-corrected chi connectivity index (χ4v) is 2.85. The molecule has 1 saturated heterocycles. The molecule has 0 bridgehead atoms. The minimum Gasteiger partial charge on any atom is -0.358 e. The average Bonchev–Trinajstić information content (AvgIpc) is 2.79. The average molecular weight is 322 g/mol. The van der Waals surface area contributed by atoms with Crippen LogP contribution in [0.25, 0.3) is 11.2 Å². The Labute approximate surface area is 123 Å². The Hall–Kier alpha value is -0.980. The standard InChI is InChI=1S/C12H11Cl2F2N3O/c13-6-5-7(14)17-11-9(6)18-12(10(15)16)19(11)8-3-1-2-4-20-8/h5,8,10H,1-4H2. The van der Waals surface area contributed by atoms with Crippen LogP contribution in [0, 0.1) is 0 Å². The van der Waals surface area contributed by atoms with Crippen molar-refractivity contribution < 1.29 is 13.5 Å². The van der Waals surface area contributed by atoms with Gasteiger partial charge in [0.05, 0.1) is 5.02 Å². The number of pyridine rings is 1. The van der Waals surface area contributed by atoms with Crippen LogP contribution < -0.4 is 0 Å². The zero-order valence-electron chi connectivity index (χ0n) is 10.3. The van der Waals surface area contributed by atoms with Crippen LogP contribution in [0.5, 0.6) is 0 Å². The van der Waals surface area contributed by atoms with Gasteiger partial charge in [-0.3, -0.25) is 4.57 Å². The summed E-state index contributed by atoms with van der Waals surface area (Å²) in [5, 5.41) is 0.344. The third-order valence-electron chi connectivity index (χ3n) is 3.24. The van der Waals surface area contributed by atoms with Gasteiger partial charge in [0.2, 0.25) is 0 Å². The summed E-state index contributed by atoms with van der Waals surface area (Å²) in [4.78, 5) is 7.99. The summed E-state index contributed by atoms with van der Waals surface area (Å²) in [6, 6.07) is 1.39. The summed E-state index contributed by atoms with van der Waals surface area (Å²) in [5.41, 5.74) is 0.463. The highest BCUT2D eigenvalue weighted by atomic mass is 35.5. The van der Waals surface area contributed by atoms with Crippen molar-refractivity contribution in [3.63, 3.8) is 0 Å². The summed E-state index contributed by atoms with van der Waals surface area (Å²) >= 11 is 11.9. The van der Waals surface area contributed by atoms with Gasteiger partial charge in [-0.25, -0.2) is 18.7 Å².